The van der Waals surface area contributed by atoms with Crippen LogP contribution in [-0.4, -0.2) is 23.2 Å². The van der Waals surface area contributed by atoms with Crippen LogP contribution in [0.3, 0.4) is 0 Å². The molecule has 14 heavy (non-hydrogen) atoms. The molecule has 0 radical (unpaired) electrons. The van der Waals surface area contributed by atoms with Crippen molar-refractivity contribution in [3.05, 3.63) is 35.9 Å². The molecule has 0 saturated heterocycles. The SMILES string of the molecule is ON=C[C@H]1CC(c2ccccc2)=NO1. The number of nitrogens with zero attached hydrogens (tertiary/aromatic N) is 2. The first kappa shape index (κ1) is 8.74. The van der Waals surface area contributed by atoms with Crippen LogP contribution in [0.4, 0.5) is 0 Å². The summed E-state index contributed by atoms with van der Waals surface area (Å²) in [6, 6.07) is 9.80. The molecule has 0 unspecified atom stereocenters. The Bertz CT molecular complexity index is 360. The van der Waals surface area contributed by atoms with Crippen LogP contribution in [-0.2, 0) is 4.84 Å². The van der Waals surface area contributed by atoms with E-state index in [4.69, 9.17) is 10.0 Å². The second kappa shape index (κ2) is 3.91. The minimum absolute atomic E-state index is 0.241. The van der Waals surface area contributed by atoms with Crippen molar-refractivity contribution < 1.29 is 10.0 Å². The van der Waals surface area contributed by atoms with E-state index in [-0.39, 0.29) is 6.10 Å². The van der Waals surface area contributed by atoms with E-state index in [1.54, 1.807) is 0 Å². The van der Waals surface area contributed by atoms with E-state index in [0.717, 1.165) is 11.3 Å². The zero-order valence-electron chi connectivity index (χ0n) is 7.50. The lowest BCUT2D eigenvalue weighted by Gasteiger charge is -1.98. The topological polar surface area (TPSA) is 54.2 Å². The first-order chi connectivity index (χ1) is 6.90. The second-order valence-electron chi connectivity index (χ2n) is 3.02. The molecule has 72 valence electrons. The monoisotopic (exact) mass is 190 g/mol. The van der Waals surface area contributed by atoms with E-state index in [1.807, 2.05) is 30.3 Å². The minimum atomic E-state index is -0.241. The Morgan fingerprint density at radius 1 is 1.43 bits per heavy atom. The molecule has 2 rings (SSSR count). The Kier molecular flexibility index (Phi) is 2.44. The van der Waals surface area contributed by atoms with E-state index in [9.17, 15) is 0 Å². The molecule has 1 atom stereocenters. The Morgan fingerprint density at radius 3 is 2.93 bits per heavy atom. The number of hydrogen-bond donors (Lipinski definition) is 1. The summed E-state index contributed by atoms with van der Waals surface area (Å²) in [4.78, 5) is 5.04. The smallest absolute Gasteiger partial charge is 0.171 e. The highest BCUT2D eigenvalue weighted by Gasteiger charge is 2.20. The zero-order valence-corrected chi connectivity index (χ0v) is 7.50. The predicted molar refractivity (Wildman–Crippen MR) is 52.7 cm³/mol. The van der Waals surface area contributed by atoms with Gasteiger partial charge in [-0.05, 0) is 5.56 Å². The molecule has 4 heteroatoms. The largest absolute Gasteiger partial charge is 0.411 e. The number of rotatable bonds is 2. The summed E-state index contributed by atoms with van der Waals surface area (Å²) in [6.45, 7) is 0. The maximum absolute atomic E-state index is 8.32. The van der Waals surface area contributed by atoms with Crippen LogP contribution in [0.1, 0.15) is 12.0 Å². The first-order valence-corrected chi connectivity index (χ1v) is 4.36. The molecule has 1 aliphatic heterocycles. The minimum Gasteiger partial charge on any atom is -0.411 e. The lowest BCUT2D eigenvalue weighted by Crippen LogP contribution is -2.09. The Labute approximate surface area is 81.5 Å². The van der Waals surface area contributed by atoms with Gasteiger partial charge >= 0.3 is 0 Å². The molecule has 0 spiro atoms. The highest BCUT2D eigenvalue weighted by atomic mass is 16.6. The Morgan fingerprint density at radius 2 is 2.21 bits per heavy atom. The molecule has 1 N–H and O–H groups in total. The predicted octanol–water partition coefficient (Wildman–Crippen LogP) is 1.64. The van der Waals surface area contributed by atoms with Crippen molar-refractivity contribution in [2.45, 2.75) is 12.5 Å². The van der Waals surface area contributed by atoms with Gasteiger partial charge in [0.2, 0.25) is 0 Å². The Hall–Kier alpha value is -1.84. The van der Waals surface area contributed by atoms with Gasteiger partial charge in [-0.2, -0.15) is 0 Å². The van der Waals surface area contributed by atoms with Crippen molar-refractivity contribution in [1.82, 2.24) is 0 Å². The fourth-order valence-electron chi connectivity index (χ4n) is 1.35. The quantitative estimate of drug-likeness (QED) is 0.438. The molecule has 0 aliphatic carbocycles. The van der Waals surface area contributed by atoms with Gasteiger partial charge in [0.25, 0.3) is 0 Å². The molecule has 1 aromatic carbocycles. The number of hydrogen-bond acceptors (Lipinski definition) is 4. The van der Waals surface area contributed by atoms with Crippen molar-refractivity contribution in [3.63, 3.8) is 0 Å². The first-order valence-electron chi connectivity index (χ1n) is 4.36. The normalized spacial score (nSPS) is 20.9. The van der Waals surface area contributed by atoms with E-state index >= 15 is 0 Å². The third-order valence-electron chi connectivity index (χ3n) is 2.03. The van der Waals surface area contributed by atoms with Crippen molar-refractivity contribution in [2.75, 3.05) is 0 Å². The molecule has 0 amide bonds. The summed E-state index contributed by atoms with van der Waals surface area (Å²) in [5.74, 6) is 0. The van der Waals surface area contributed by atoms with Gasteiger partial charge in [0.15, 0.2) is 6.10 Å². The van der Waals surface area contributed by atoms with Crippen molar-refractivity contribution in [1.29, 1.82) is 0 Å². The molecule has 0 aromatic heterocycles. The van der Waals surface area contributed by atoms with Crippen LogP contribution in [0.15, 0.2) is 40.6 Å². The summed E-state index contributed by atoms with van der Waals surface area (Å²) in [5.41, 5.74) is 1.93. The average molecular weight is 190 g/mol. The van der Waals surface area contributed by atoms with Crippen molar-refractivity contribution in [2.24, 2.45) is 10.3 Å². The van der Waals surface area contributed by atoms with E-state index in [2.05, 4.69) is 10.3 Å². The molecule has 1 aromatic rings. The standard InChI is InChI=1S/C10H10N2O2/c13-11-7-9-6-10(12-14-9)8-4-2-1-3-5-8/h1-5,7,9,13H,6H2/t9-/m1/s1. The Balaban J connectivity index is 2.09. The highest BCUT2D eigenvalue weighted by molar-refractivity contribution is 6.02. The lowest BCUT2D eigenvalue weighted by atomic mass is 10.1. The highest BCUT2D eigenvalue weighted by Crippen LogP contribution is 2.14. The molecular formula is C10H10N2O2. The van der Waals surface area contributed by atoms with Crippen molar-refractivity contribution >= 4 is 11.9 Å². The van der Waals surface area contributed by atoms with E-state index in [1.165, 1.54) is 6.21 Å². The van der Waals surface area contributed by atoms with Gasteiger partial charge < -0.3 is 10.0 Å². The van der Waals surface area contributed by atoms with Gasteiger partial charge in [0.05, 0.1) is 11.9 Å². The fourth-order valence-corrected chi connectivity index (χ4v) is 1.35. The van der Waals surface area contributed by atoms with Gasteiger partial charge in [-0.25, -0.2) is 0 Å². The lowest BCUT2D eigenvalue weighted by molar-refractivity contribution is 0.133. The fraction of sp³-hybridized carbons (Fsp3) is 0.200. The summed E-state index contributed by atoms with van der Waals surface area (Å²) in [5, 5.41) is 15.2. The van der Waals surface area contributed by atoms with E-state index < -0.39 is 0 Å². The number of oxime groups is 2. The second-order valence-corrected chi connectivity index (χ2v) is 3.02. The van der Waals surface area contributed by atoms with Crippen LogP contribution in [0, 0.1) is 0 Å². The van der Waals surface area contributed by atoms with Gasteiger partial charge in [-0.3, -0.25) is 0 Å². The molecule has 0 saturated carbocycles. The molecule has 1 aliphatic rings. The van der Waals surface area contributed by atoms with Gasteiger partial charge in [0, 0.05) is 6.42 Å². The zero-order chi connectivity index (χ0) is 9.80. The van der Waals surface area contributed by atoms with Gasteiger partial charge in [-0.1, -0.05) is 40.6 Å². The van der Waals surface area contributed by atoms with Crippen LogP contribution in [0.5, 0.6) is 0 Å². The third-order valence-corrected chi connectivity index (χ3v) is 2.03. The van der Waals surface area contributed by atoms with Gasteiger partial charge in [-0.15, -0.1) is 0 Å². The third kappa shape index (κ3) is 1.74. The molecule has 0 fully saturated rings. The summed E-state index contributed by atoms with van der Waals surface area (Å²) in [6.07, 6.45) is 1.74. The van der Waals surface area contributed by atoms with Crippen molar-refractivity contribution in [3.8, 4) is 0 Å². The maximum Gasteiger partial charge on any atom is 0.171 e. The van der Waals surface area contributed by atoms with Crippen LogP contribution in [0.25, 0.3) is 0 Å². The number of benzene rings is 1. The van der Waals surface area contributed by atoms with Gasteiger partial charge in [0.1, 0.15) is 0 Å². The molecule has 4 nitrogen and oxygen atoms in total. The molecule has 0 bridgehead atoms. The molecule has 1 heterocycles. The summed E-state index contributed by atoms with van der Waals surface area (Å²) >= 11 is 0. The summed E-state index contributed by atoms with van der Waals surface area (Å²) in [7, 11) is 0. The average Bonchev–Trinajstić information content (AvgIpc) is 2.68. The summed E-state index contributed by atoms with van der Waals surface area (Å²) < 4.78 is 0. The van der Waals surface area contributed by atoms with Crippen LogP contribution >= 0.6 is 0 Å². The molecular weight excluding hydrogens is 180 g/mol. The van der Waals surface area contributed by atoms with E-state index in [0.29, 0.717) is 6.42 Å². The van der Waals surface area contributed by atoms with Crippen LogP contribution in [0.2, 0.25) is 0 Å². The maximum atomic E-state index is 8.32. The van der Waals surface area contributed by atoms with Crippen LogP contribution < -0.4 is 0 Å².